The first-order chi connectivity index (χ1) is 10.7. The molecule has 1 rings (SSSR count). The summed E-state index contributed by atoms with van der Waals surface area (Å²) >= 11 is 0. The molecule has 0 saturated carbocycles. The molecule has 1 N–H and O–H groups in total. The van der Waals surface area contributed by atoms with Gasteiger partial charge in [0.25, 0.3) is 0 Å². The highest BCUT2D eigenvalue weighted by atomic mass is 16.6. The summed E-state index contributed by atoms with van der Waals surface area (Å²) < 4.78 is 5.46. The topological polar surface area (TPSA) is 41.6 Å². The van der Waals surface area contributed by atoms with Crippen molar-refractivity contribution in [3.8, 4) is 0 Å². The number of nitrogens with one attached hydrogen (secondary N) is 1. The van der Waals surface area contributed by atoms with Crippen LogP contribution in [0.3, 0.4) is 0 Å². The van der Waals surface area contributed by atoms with E-state index in [2.05, 4.69) is 44.3 Å². The van der Waals surface area contributed by atoms with Crippen molar-refractivity contribution < 1.29 is 9.53 Å². The molecule has 0 bridgehead atoms. The van der Waals surface area contributed by atoms with Gasteiger partial charge < -0.3 is 15.0 Å². The molecule has 0 spiro atoms. The summed E-state index contributed by atoms with van der Waals surface area (Å²) in [5.74, 6) is 0. The molecular weight excluding hydrogens is 288 g/mol. The lowest BCUT2D eigenvalue weighted by Gasteiger charge is -2.27. The molecule has 0 saturated heterocycles. The largest absolute Gasteiger partial charge is 0.444 e. The highest BCUT2D eigenvalue weighted by molar-refractivity contribution is 5.68. The molecule has 1 aromatic carbocycles. The van der Waals surface area contributed by atoms with Gasteiger partial charge in [0.2, 0.25) is 0 Å². The lowest BCUT2D eigenvalue weighted by atomic mass is 10.1. The maximum Gasteiger partial charge on any atom is 0.410 e. The predicted octanol–water partition coefficient (Wildman–Crippen LogP) is 4.04. The summed E-state index contributed by atoms with van der Waals surface area (Å²) in [6, 6.07) is 6.50. The van der Waals surface area contributed by atoms with E-state index in [1.807, 2.05) is 20.8 Å². The first-order valence-electron chi connectivity index (χ1n) is 8.47. The molecular formula is C19H32N2O2. The van der Waals surface area contributed by atoms with Gasteiger partial charge in [0.15, 0.2) is 0 Å². The van der Waals surface area contributed by atoms with Crippen LogP contribution in [-0.2, 0) is 11.3 Å². The average Bonchev–Trinajstić information content (AvgIpc) is 2.44. The van der Waals surface area contributed by atoms with Crippen LogP contribution < -0.4 is 5.32 Å². The number of aryl methyl sites for hydroxylation is 2. The first kappa shape index (κ1) is 19.5. The minimum atomic E-state index is -0.448. The number of nitrogens with zero attached hydrogens (tertiary/aromatic N) is 1. The Bertz CT molecular complexity index is 507. The van der Waals surface area contributed by atoms with E-state index >= 15 is 0 Å². The third-order valence-corrected chi connectivity index (χ3v) is 3.60. The normalized spacial score (nSPS) is 11.4. The molecule has 0 atom stereocenters. The van der Waals surface area contributed by atoms with Gasteiger partial charge in [-0.3, -0.25) is 0 Å². The SMILES string of the molecule is CCCN(CCNCc1ccc(C)c(C)c1)C(=O)OC(C)(C)C. The molecule has 1 aromatic rings. The maximum absolute atomic E-state index is 12.2. The van der Waals surface area contributed by atoms with Gasteiger partial charge >= 0.3 is 6.09 Å². The maximum atomic E-state index is 12.2. The zero-order valence-electron chi connectivity index (χ0n) is 15.5. The van der Waals surface area contributed by atoms with Gasteiger partial charge in [0, 0.05) is 26.2 Å². The summed E-state index contributed by atoms with van der Waals surface area (Å²) in [5, 5.41) is 3.41. The van der Waals surface area contributed by atoms with E-state index in [4.69, 9.17) is 4.74 Å². The summed E-state index contributed by atoms with van der Waals surface area (Å²) in [7, 11) is 0. The van der Waals surface area contributed by atoms with Crippen molar-refractivity contribution in [3.63, 3.8) is 0 Å². The quantitative estimate of drug-likeness (QED) is 0.771. The molecule has 130 valence electrons. The second kappa shape index (κ2) is 8.92. The van der Waals surface area contributed by atoms with Gasteiger partial charge in [-0.25, -0.2) is 4.79 Å². The Morgan fingerprint density at radius 3 is 2.43 bits per heavy atom. The molecule has 0 heterocycles. The Hall–Kier alpha value is -1.55. The number of rotatable bonds is 7. The minimum Gasteiger partial charge on any atom is -0.444 e. The van der Waals surface area contributed by atoms with Crippen LogP contribution in [0.2, 0.25) is 0 Å². The second-order valence-corrected chi connectivity index (χ2v) is 7.06. The number of carbonyl (C=O) groups excluding carboxylic acids is 1. The monoisotopic (exact) mass is 320 g/mol. The van der Waals surface area contributed by atoms with Crippen molar-refractivity contribution in [2.45, 2.75) is 60.1 Å². The van der Waals surface area contributed by atoms with E-state index in [1.54, 1.807) is 4.90 Å². The van der Waals surface area contributed by atoms with Gasteiger partial charge in [-0.2, -0.15) is 0 Å². The Kier molecular flexibility index (Phi) is 7.56. The predicted molar refractivity (Wildman–Crippen MR) is 95.7 cm³/mol. The number of ether oxygens (including phenoxy) is 1. The summed E-state index contributed by atoms with van der Waals surface area (Å²) in [6.45, 7) is 15.0. The van der Waals surface area contributed by atoms with E-state index < -0.39 is 5.60 Å². The summed E-state index contributed by atoms with van der Waals surface area (Å²) in [4.78, 5) is 13.9. The zero-order chi connectivity index (χ0) is 17.5. The lowest BCUT2D eigenvalue weighted by Crippen LogP contribution is -2.40. The zero-order valence-corrected chi connectivity index (χ0v) is 15.5. The fourth-order valence-electron chi connectivity index (χ4n) is 2.25. The Labute approximate surface area is 141 Å². The molecule has 1 amide bonds. The van der Waals surface area contributed by atoms with Crippen LogP contribution in [0.5, 0.6) is 0 Å². The van der Waals surface area contributed by atoms with Crippen LogP contribution in [0, 0.1) is 13.8 Å². The summed E-state index contributed by atoms with van der Waals surface area (Å²) in [6.07, 6.45) is 0.698. The fraction of sp³-hybridized carbons (Fsp3) is 0.632. The number of benzene rings is 1. The van der Waals surface area contributed by atoms with Crippen molar-refractivity contribution in [1.29, 1.82) is 0 Å². The molecule has 0 unspecified atom stereocenters. The standard InChI is InChI=1S/C19H32N2O2/c1-7-11-21(18(22)23-19(4,5)6)12-10-20-14-17-9-8-15(2)16(3)13-17/h8-9,13,20H,7,10-12,14H2,1-6H3. The molecule has 0 aliphatic rings. The smallest absolute Gasteiger partial charge is 0.410 e. The van der Waals surface area contributed by atoms with E-state index in [9.17, 15) is 4.79 Å². The van der Waals surface area contributed by atoms with Crippen LogP contribution >= 0.6 is 0 Å². The number of hydrogen-bond acceptors (Lipinski definition) is 3. The van der Waals surface area contributed by atoms with Crippen LogP contribution in [0.4, 0.5) is 4.79 Å². The molecule has 4 nitrogen and oxygen atoms in total. The van der Waals surface area contributed by atoms with Crippen LogP contribution in [0.1, 0.15) is 50.8 Å². The molecule has 0 fully saturated rings. The number of hydrogen-bond donors (Lipinski definition) is 1. The van der Waals surface area contributed by atoms with Gasteiger partial charge in [-0.15, -0.1) is 0 Å². The van der Waals surface area contributed by atoms with Crippen LogP contribution in [0.25, 0.3) is 0 Å². The third kappa shape index (κ3) is 7.51. The van der Waals surface area contributed by atoms with E-state index in [0.717, 1.165) is 26.1 Å². The van der Waals surface area contributed by atoms with Crippen molar-refractivity contribution in [3.05, 3.63) is 34.9 Å². The molecule has 0 aliphatic carbocycles. The third-order valence-electron chi connectivity index (χ3n) is 3.60. The van der Waals surface area contributed by atoms with Crippen LogP contribution in [-0.4, -0.2) is 36.2 Å². The first-order valence-corrected chi connectivity index (χ1v) is 8.47. The Morgan fingerprint density at radius 2 is 1.87 bits per heavy atom. The molecule has 0 radical (unpaired) electrons. The van der Waals surface area contributed by atoms with Gasteiger partial charge in [-0.1, -0.05) is 25.1 Å². The summed E-state index contributed by atoms with van der Waals surface area (Å²) in [5.41, 5.74) is 3.45. The fourth-order valence-corrected chi connectivity index (χ4v) is 2.25. The molecule has 0 aromatic heterocycles. The minimum absolute atomic E-state index is 0.229. The van der Waals surface area contributed by atoms with E-state index in [-0.39, 0.29) is 6.09 Å². The molecule has 0 aliphatic heterocycles. The molecule has 23 heavy (non-hydrogen) atoms. The highest BCUT2D eigenvalue weighted by Gasteiger charge is 2.21. The van der Waals surface area contributed by atoms with Gasteiger partial charge in [0.05, 0.1) is 0 Å². The average molecular weight is 320 g/mol. The van der Waals surface area contributed by atoms with Crippen molar-refractivity contribution >= 4 is 6.09 Å². The van der Waals surface area contributed by atoms with Crippen molar-refractivity contribution in [2.75, 3.05) is 19.6 Å². The van der Waals surface area contributed by atoms with Gasteiger partial charge in [0.1, 0.15) is 5.60 Å². The van der Waals surface area contributed by atoms with E-state index in [0.29, 0.717) is 6.54 Å². The van der Waals surface area contributed by atoms with E-state index in [1.165, 1.54) is 16.7 Å². The van der Waals surface area contributed by atoms with Crippen LogP contribution in [0.15, 0.2) is 18.2 Å². The van der Waals surface area contributed by atoms with Crippen molar-refractivity contribution in [1.82, 2.24) is 10.2 Å². The van der Waals surface area contributed by atoms with Crippen molar-refractivity contribution in [2.24, 2.45) is 0 Å². The van der Waals surface area contributed by atoms with Gasteiger partial charge in [-0.05, 0) is 57.7 Å². The Morgan fingerprint density at radius 1 is 1.17 bits per heavy atom. The second-order valence-electron chi connectivity index (χ2n) is 7.06. The lowest BCUT2D eigenvalue weighted by molar-refractivity contribution is 0.0252. The Balaban J connectivity index is 2.43. The number of carbonyl (C=O) groups is 1. The molecule has 4 heteroatoms. The number of amides is 1. The highest BCUT2D eigenvalue weighted by Crippen LogP contribution is 2.11.